The molecule has 0 saturated carbocycles. The molecule has 2 aromatic carbocycles. The molecule has 2 aromatic rings. The molecule has 0 spiro atoms. The highest BCUT2D eigenvalue weighted by Crippen LogP contribution is 2.32. The second kappa shape index (κ2) is 9.29. The van der Waals surface area contributed by atoms with Crippen LogP contribution < -0.4 is 20.4 Å². The van der Waals surface area contributed by atoms with Crippen molar-refractivity contribution in [2.24, 2.45) is 0 Å². The SMILES string of the molecule is CC(=O)Nc1cc(N2CCN(c3ccc([N+](=O)[O-])c(NC(C)=O)c3)CC2)ccc1[N+](=O)[O-]. The maximum absolute atomic E-state index is 11.4. The standard InChI is InChI=1S/C20H22N6O6/c1-13(27)21-17-11-15(3-5-19(17)25(29)30)23-7-9-24(10-8-23)16-4-6-20(26(31)32)18(12-16)22-14(2)28/h3-6,11-12H,7-10H2,1-2H3,(H,21,27)(H,22,28). The molecule has 1 heterocycles. The molecule has 1 aliphatic heterocycles. The first-order valence-corrected chi connectivity index (χ1v) is 9.77. The number of hydrogen-bond acceptors (Lipinski definition) is 8. The molecule has 0 aliphatic carbocycles. The lowest BCUT2D eigenvalue weighted by atomic mass is 10.1. The lowest BCUT2D eigenvalue weighted by molar-refractivity contribution is -0.384. The quantitative estimate of drug-likeness (QED) is 0.512. The Labute approximate surface area is 183 Å². The largest absolute Gasteiger partial charge is 0.368 e. The summed E-state index contributed by atoms with van der Waals surface area (Å²) in [7, 11) is 0. The van der Waals surface area contributed by atoms with Gasteiger partial charge in [-0.3, -0.25) is 29.8 Å². The van der Waals surface area contributed by atoms with Crippen molar-refractivity contribution in [3.8, 4) is 0 Å². The van der Waals surface area contributed by atoms with E-state index >= 15 is 0 Å². The first kappa shape index (κ1) is 22.5. The zero-order valence-electron chi connectivity index (χ0n) is 17.5. The van der Waals surface area contributed by atoms with E-state index in [0.717, 1.165) is 11.4 Å². The minimum Gasteiger partial charge on any atom is -0.368 e. The van der Waals surface area contributed by atoms with Crippen LogP contribution in [-0.4, -0.2) is 47.8 Å². The van der Waals surface area contributed by atoms with E-state index in [-0.39, 0.29) is 22.7 Å². The minimum atomic E-state index is -0.547. The summed E-state index contributed by atoms with van der Waals surface area (Å²) in [5.41, 5.74) is 1.39. The number of nitrogens with one attached hydrogen (secondary N) is 2. The van der Waals surface area contributed by atoms with Gasteiger partial charge in [0, 0.05) is 63.5 Å². The van der Waals surface area contributed by atoms with E-state index in [1.165, 1.54) is 26.0 Å². The summed E-state index contributed by atoms with van der Waals surface area (Å²) in [4.78, 5) is 48.2. The molecule has 0 radical (unpaired) electrons. The molecule has 168 valence electrons. The monoisotopic (exact) mass is 442 g/mol. The molecule has 0 aromatic heterocycles. The average molecular weight is 442 g/mol. The van der Waals surface area contributed by atoms with Crippen LogP contribution in [0.3, 0.4) is 0 Å². The Hall–Kier alpha value is -4.22. The zero-order chi connectivity index (χ0) is 23.4. The molecule has 3 rings (SSSR count). The van der Waals surface area contributed by atoms with Crippen molar-refractivity contribution < 1.29 is 19.4 Å². The summed E-state index contributed by atoms with van der Waals surface area (Å²) in [5.74, 6) is -0.800. The summed E-state index contributed by atoms with van der Waals surface area (Å²) < 4.78 is 0. The smallest absolute Gasteiger partial charge is 0.292 e. The van der Waals surface area contributed by atoms with Crippen LogP contribution in [0.15, 0.2) is 36.4 Å². The first-order valence-electron chi connectivity index (χ1n) is 9.77. The van der Waals surface area contributed by atoms with Crippen LogP contribution in [0.4, 0.5) is 34.1 Å². The van der Waals surface area contributed by atoms with Crippen LogP contribution in [0.2, 0.25) is 0 Å². The normalized spacial score (nSPS) is 13.4. The van der Waals surface area contributed by atoms with Gasteiger partial charge in [0.25, 0.3) is 11.4 Å². The number of rotatable bonds is 6. The van der Waals surface area contributed by atoms with Gasteiger partial charge in [-0.25, -0.2) is 0 Å². The van der Waals surface area contributed by atoms with Gasteiger partial charge in [-0.15, -0.1) is 0 Å². The average Bonchev–Trinajstić information content (AvgIpc) is 2.72. The summed E-state index contributed by atoms with van der Waals surface area (Å²) in [6.07, 6.45) is 0. The number of nitrogens with zero attached hydrogens (tertiary/aromatic N) is 4. The van der Waals surface area contributed by atoms with Gasteiger partial charge in [-0.05, 0) is 24.3 Å². The van der Waals surface area contributed by atoms with Gasteiger partial charge in [-0.1, -0.05) is 0 Å². The third-order valence-electron chi connectivity index (χ3n) is 4.99. The van der Waals surface area contributed by atoms with Crippen molar-refractivity contribution in [1.29, 1.82) is 0 Å². The van der Waals surface area contributed by atoms with Crippen LogP contribution in [0, 0.1) is 20.2 Å². The lowest BCUT2D eigenvalue weighted by Gasteiger charge is -2.37. The molecule has 0 unspecified atom stereocenters. The Balaban J connectivity index is 1.76. The predicted octanol–water partition coefficient (Wildman–Crippen LogP) is 2.75. The van der Waals surface area contributed by atoms with Crippen LogP contribution >= 0.6 is 0 Å². The number of nitro benzene ring substituents is 2. The Bertz CT molecular complexity index is 995. The third kappa shape index (κ3) is 5.09. The van der Waals surface area contributed by atoms with Gasteiger partial charge < -0.3 is 20.4 Å². The molecule has 0 bridgehead atoms. The van der Waals surface area contributed by atoms with Crippen molar-refractivity contribution >= 4 is 45.9 Å². The highest BCUT2D eigenvalue weighted by atomic mass is 16.6. The minimum absolute atomic E-state index is 0.137. The maximum atomic E-state index is 11.4. The second-order valence-electron chi connectivity index (χ2n) is 7.25. The van der Waals surface area contributed by atoms with E-state index in [4.69, 9.17) is 0 Å². The summed E-state index contributed by atoms with van der Waals surface area (Å²) >= 11 is 0. The Morgan fingerprint density at radius 2 is 1.09 bits per heavy atom. The van der Waals surface area contributed by atoms with Gasteiger partial charge in [0.2, 0.25) is 11.8 Å². The van der Waals surface area contributed by atoms with Crippen molar-refractivity contribution in [3.63, 3.8) is 0 Å². The molecule has 2 N–H and O–H groups in total. The topological polar surface area (TPSA) is 151 Å². The van der Waals surface area contributed by atoms with Crippen LogP contribution in [0.25, 0.3) is 0 Å². The van der Waals surface area contributed by atoms with Gasteiger partial charge in [0.1, 0.15) is 11.4 Å². The molecule has 1 fully saturated rings. The Morgan fingerprint density at radius 1 is 0.750 bits per heavy atom. The molecule has 1 aliphatic rings. The number of amides is 2. The Kier molecular flexibility index (Phi) is 6.52. The zero-order valence-corrected chi connectivity index (χ0v) is 17.5. The number of carbonyl (C=O) groups is 2. The summed E-state index contributed by atoms with van der Waals surface area (Å²) in [5, 5.41) is 27.4. The first-order chi connectivity index (χ1) is 15.2. The van der Waals surface area contributed by atoms with E-state index in [0.29, 0.717) is 26.2 Å². The second-order valence-corrected chi connectivity index (χ2v) is 7.25. The van der Waals surface area contributed by atoms with E-state index < -0.39 is 21.7 Å². The predicted molar refractivity (Wildman–Crippen MR) is 119 cm³/mol. The molecule has 12 nitrogen and oxygen atoms in total. The maximum Gasteiger partial charge on any atom is 0.292 e. The van der Waals surface area contributed by atoms with E-state index in [2.05, 4.69) is 10.6 Å². The van der Waals surface area contributed by atoms with Gasteiger partial charge in [0.15, 0.2) is 0 Å². The van der Waals surface area contributed by atoms with Crippen molar-refractivity contribution in [2.45, 2.75) is 13.8 Å². The van der Waals surface area contributed by atoms with Crippen LogP contribution in [0.1, 0.15) is 13.8 Å². The third-order valence-corrected chi connectivity index (χ3v) is 4.99. The molecule has 2 amide bonds. The van der Waals surface area contributed by atoms with Crippen LogP contribution in [-0.2, 0) is 9.59 Å². The molecular formula is C20H22N6O6. The fourth-order valence-electron chi connectivity index (χ4n) is 3.56. The lowest BCUT2D eigenvalue weighted by Crippen LogP contribution is -2.46. The van der Waals surface area contributed by atoms with E-state index in [1.807, 2.05) is 9.80 Å². The highest BCUT2D eigenvalue weighted by Gasteiger charge is 2.23. The summed E-state index contributed by atoms with van der Waals surface area (Å²) in [6.45, 7) is 4.92. The van der Waals surface area contributed by atoms with Crippen molar-refractivity contribution in [1.82, 2.24) is 0 Å². The molecule has 32 heavy (non-hydrogen) atoms. The number of hydrogen-bond donors (Lipinski definition) is 2. The van der Waals surface area contributed by atoms with Gasteiger partial charge >= 0.3 is 0 Å². The van der Waals surface area contributed by atoms with E-state index in [1.54, 1.807) is 24.3 Å². The number of nitro groups is 2. The van der Waals surface area contributed by atoms with Crippen LogP contribution in [0.5, 0.6) is 0 Å². The molecule has 12 heteroatoms. The number of benzene rings is 2. The Morgan fingerprint density at radius 3 is 1.38 bits per heavy atom. The fourth-order valence-corrected chi connectivity index (χ4v) is 3.56. The highest BCUT2D eigenvalue weighted by molar-refractivity contribution is 5.93. The van der Waals surface area contributed by atoms with E-state index in [9.17, 15) is 29.8 Å². The van der Waals surface area contributed by atoms with Crippen molar-refractivity contribution in [2.75, 3.05) is 46.6 Å². The number of anilines is 4. The number of carbonyl (C=O) groups excluding carboxylic acids is 2. The number of piperazine rings is 1. The van der Waals surface area contributed by atoms with Gasteiger partial charge in [0.05, 0.1) is 9.85 Å². The fraction of sp³-hybridized carbons (Fsp3) is 0.300. The molecule has 0 atom stereocenters. The van der Waals surface area contributed by atoms with Crippen molar-refractivity contribution in [3.05, 3.63) is 56.6 Å². The van der Waals surface area contributed by atoms with Gasteiger partial charge in [-0.2, -0.15) is 0 Å². The molecular weight excluding hydrogens is 420 g/mol. The summed E-state index contributed by atoms with van der Waals surface area (Å²) in [6, 6.07) is 9.16. The molecule has 1 saturated heterocycles.